The number of ether oxygens (including phenoxy) is 1. The Bertz CT molecular complexity index is 1550. The molecule has 1 atom stereocenters. The monoisotopic (exact) mass is 581 g/mol. The van der Waals surface area contributed by atoms with Crippen molar-refractivity contribution >= 4 is 43.9 Å². The molecule has 0 unspecified atom stereocenters. The molecule has 10 nitrogen and oxygen atoms in total. The van der Waals surface area contributed by atoms with E-state index in [9.17, 15) is 13.2 Å². The zero-order valence-electron chi connectivity index (χ0n) is 23.7. The molecule has 1 aliphatic carbocycles. The van der Waals surface area contributed by atoms with Gasteiger partial charge in [-0.05, 0) is 74.4 Å². The quantitative estimate of drug-likeness (QED) is 0.374. The minimum atomic E-state index is -3.80. The third kappa shape index (κ3) is 5.68. The maximum atomic E-state index is 13.8. The van der Waals surface area contributed by atoms with E-state index in [-0.39, 0.29) is 30.1 Å². The molecular formula is C30H39N5O5S. The lowest BCUT2D eigenvalue weighted by Gasteiger charge is -2.35. The molecule has 1 saturated carbocycles. The Labute approximate surface area is 241 Å². The highest BCUT2D eigenvalue weighted by Gasteiger charge is 2.44. The number of carbonyl (C=O) groups excluding carboxylic acids is 1. The smallest absolute Gasteiger partial charge is 0.255 e. The number of amides is 1. The van der Waals surface area contributed by atoms with Crippen LogP contribution in [0.2, 0.25) is 0 Å². The number of benzene rings is 2. The summed E-state index contributed by atoms with van der Waals surface area (Å²) >= 11 is 0. The van der Waals surface area contributed by atoms with Crippen molar-refractivity contribution in [1.29, 1.82) is 0 Å². The summed E-state index contributed by atoms with van der Waals surface area (Å²) in [6.07, 6.45) is 6.75. The number of anilines is 3. The number of nitrogens with one attached hydrogen (secondary N) is 2. The van der Waals surface area contributed by atoms with Gasteiger partial charge in [0.1, 0.15) is 0 Å². The molecular weight excluding hydrogens is 542 g/mol. The number of aliphatic hydroxyl groups is 1. The summed E-state index contributed by atoms with van der Waals surface area (Å²) in [7, 11) is -1.79. The van der Waals surface area contributed by atoms with Crippen molar-refractivity contribution in [3.8, 4) is 0 Å². The van der Waals surface area contributed by atoms with Crippen molar-refractivity contribution < 1.29 is 23.1 Å². The molecule has 11 heteroatoms. The molecule has 3 fully saturated rings. The predicted octanol–water partition coefficient (Wildman–Crippen LogP) is 3.31. The Balaban J connectivity index is 1.33. The van der Waals surface area contributed by atoms with Crippen molar-refractivity contribution in [2.75, 3.05) is 61.1 Å². The van der Waals surface area contributed by atoms with Crippen molar-refractivity contribution in [2.24, 2.45) is 12.5 Å². The summed E-state index contributed by atoms with van der Waals surface area (Å²) in [6.45, 7) is 5.45. The normalized spacial score (nSPS) is 20.5. The van der Waals surface area contributed by atoms with E-state index in [0.717, 1.165) is 55.6 Å². The molecule has 3 aromatic rings. The molecule has 0 bridgehead atoms. The fourth-order valence-electron chi connectivity index (χ4n) is 6.23. The average molecular weight is 582 g/mol. The molecule has 2 aromatic carbocycles. The zero-order valence-corrected chi connectivity index (χ0v) is 24.5. The molecule has 0 radical (unpaired) electrons. The number of hydrogen-bond donors (Lipinski definition) is 3. The summed E-state index contributed by atoms with van der Waals surface area (Å²) in [5.74, 6) is -0.246. The van der Waals surface area contributed by atoms with Crippen LogP contribution < -0.4 is 19.8 Å². The van der Waals surface area contributed by atoms with Gasteiger partial charge in [-0.15, -0.1) is 0 Å². The van der Waals surface area contributed by atoms with Crippen LogP contribution in [0.15, 0.2) is 47.5 Å². The van der Waals surface area contributed by atoms with Crippen LogP contribution in [0.1, 0.15) is 43.0 Å². The Morgan fingerprint density at radius 3 is 2.54 bits per heavy atom. The highest BCUT2D eigenvalue weighted by molar-refractivity contribution is 7.89. The van der Waals surface area contributed by atoms with Crippen LogP contribution in [0, 0.1) is 5.41 Å². The van der Waals surface area contributed by atoms with Crippen molar-refractivity contribution in [1.82, 2.24) is 9.29 Å². The highest BCUT2D eigenvalue weighted by atomic mass is 32.2. The first-order valence-corrected chi connectivity index (χ1v) is 15.9. The first-order valence-electron chi connectivity index (χ1n) is 14.4. The molecule has 1 spiro atoms. The minimum Gasteiger partial charge on any atom is -0.395 e. The van der Waals surface area contributed by atoms with Gasteiger partial charge in [-0.25, -0.2) is 13.1 Å². The van der Waals surface area contributed by atoms with E-state index in [2.05, 4.69) is 31.3 Å². The molecule has 1 aromatic heterocycles. The SMILES string of the molecule is C[C@H]1CN(c2cc(C(=O)Nc3ccc(S(=O)(=O)NCCO)cc3N3CCC4(CC3)CC4)cc3ccn(C)c23)CCO1. The summed E-state index contributed by atoms with van der Waals surface area (Å²) in [5.41, 5.74) is 4.34. The van der Waals surface area contributed by atoms with Crippen LogP contribution in [0.25, 0.3) is 10.9 Å². The van der Waals surface area contributed by atoms with Crippen molar-refractivity contribution in [2.45, 2.75) is 43.6 Å². The van der Waals surface area contributed by atoms with Crippen LogP contribution >= 0.6 is 0 Å². The van der Waals surface area contributed by atoms with Crippen molar-refractivity contribution in [3.05, 3.63) is 48.2 Å². The number of piperidine rings is 1. The number of aliphatic hydroxyl groups excluding tert-OH is 1. The molecule has 220 valence electrons. The maximum absolute atomic E-state index is 13.8. The number of fused-ring (bicyclic) bond motifs is 1. The van der Waals surface area contributed by atoms with Gasteiger partial charge in [-0.3, -0.25) is 4.79 Å². The minimum absolute atomic E-state index is 0.0609. The van der Waals surface area contributed by atoms with Crippen LogP contribution in [-0.4, -0.2) is 76.0 Å². The van der Waals surface area contributed by atoms with E-state index in [1.165, 1.54) is 18.9 Å². The molecule has 1 amide bonds. The molecule has 3 aliphatic rings. The van der Waals surface area contributed by atoms with Gasteiger partial charge < -0.3 is 29.5 Å². The average Bonchev–Trinajstić information content (AvgIpc) is 3.62. The number of hydrogen-bond acceptors (Lipinski definition) is 7. The van der Waals surface area contributed by atoms with E-state index in [0.29, 0.717) is 29.0 Å². The lowest BCUT2D eigenvalue weighted by molar-refractivity contribution is 0.0533. The molecule has 41 heavy (non-hydrogen) atoms. The van der Waals surface area contributed by atoms with E-state index >= 15 is 0 Å². The topological polar surface area (TPSA) is 116 Å². The van der Waals surface area contributed by atoms with Gasteiger partial charge in [0, 0.05) is 56.9 Å². The fraction of sp³-hybridized carbons (Fsp3) is 0.500. The second-order valence-electron chi connectivity index (χ2n) is 11.7. The van der Waals surface area contributed by atoms with Crippen LogP contribution in [0.4, 0.5) is 17.1 Å². The Morgan fingerprint density at radius 2 is 1.83 bits per heavy atom. The first-order chi connectivity index (χ1) is 19.7. The molecule has 2 aliphatic heterocycles. The Hall–Kier alpha value is -3.12. The second-order valence-corrected chi connectivity index (χ2v) is 13.5. The van der Waals surface area contributed by atoms with Gasteiger partial charge in [0.15, 0.2) is 0 Å². The van der Waals surface area contributed by atoms with Crippen LogP contribution in [-0.2, 0) is 21.8 Å². The van der Waals surface area contributed by atoms with E-state index in [4.69, 9.17) is 9.84 Å². The number of aryl methyl sites for hydroxylation is 1. The zero-order chi connectivity index (χ0) is 28.8. The summed E-state index contributed by atoms with van der Waals surface area (Å²) in [5, 5.41) is 13.2. The van der Waals surface area contributed by atoms with Crippen LogP contribution in [0.3, 0.4) is 0 Å². The van der Waals surface area contributed by atoms with E-state index < -0.39 is 10.0 Å². The number of nitrogens with zero attached hydrogens (tertiary/aromatic N) is 3. The number of morpholine rings is 1. The molecule has 6 rings (SSSR count). The van der Waals surface area contributed by atoms with Gasteiger partial charge in [-0.2, -0.15) is 0 Å². The first kappa shape index (κ1) is 28.0. The Kier molecular flexibility index (Phi) is 7.48. The molecule has 3 heterocycles. The summed E-state index contributed by atoms with van der Waals surface area (Å²) in [4.78, 5) is 18.4. The van der Waals surface area contributed by atoms with Crippen LogP contribution in [0.5, 0.6) is 0 Å². The lowest BCUT2D eigenvalue weighted by atomic mass is 9.93. The second kappa shape index (κ2) is 10.9. The number of aromatic nitrogens is 1. The highest BCUT2D eigenvalue weighted by Crippen LogP contribution is 2.54. The maximum Gasteiger partial charge on any atom is 0.255 e. The van der Waals surface area contributed by atoms with Gasteiger partial charge in [0.2, 0.25) is 10.0 Å². The van der Waals surface area contributed by atoms with E-state index in [1.807, 2.05) is 31.4 Å². The molecule has 3 N–H and O–H groups in total. The Morgan fingerprint density at radius 1 is 1.05 bits per heavy atom. The van der Waals surface area contributed by atoms with Gasteiger partial charge in [0.25, 0.3) is 5.91 Å². The number of rotatable bonds is 8. The predicted molar refractivity (Wildman–Crippen MR) is 160 cm³/mol. The molecule has 2 saturated heterocycles. The summed E-state index contributed by atoms with van der Waals surface area (Å²) < 4.78 is 36.0. The third-order valence-electron chi connectivity index (χ3n) is 8.85. The van der Waals surface area contributed by atoms with Gasteiger partial charge in [0.05, 0.1) is 46.8 Å². The fourth-order valence-corrected chi connectivity index (χ4v) is 7.27. The summed E-state index contributed by atoms with van der Waals surface area (Å²) in [6, 6.07) is 10.7. The lowest BCUT2D eigenvalue weighted by Crippen LogP contribution is -2.41. The van der Waals surface area contributed by atoms with Crippen molar-refractivity contribution in [3.63, 3.8) is 0 Å². The number of sulfonamides is 1. The van der Waals surface area contributed by atoms with Gasteiger partial charge in [-0.1, -0.05) is 0 Å². The number of carbonyl (C=O) groups is 1. The van der Waals surface area contributed by atoms with Gasteiger partial charge >= 0.3 is 0 Å². The standard InChI is InChI=1S/C30H39N5O5S/c1-21-20-35(14-16-40-21)27-18-23(17-22-5-11-33(2)28(22)27)29(37)32-25-4-3-24(41(38,39)31-10-15-36)19-26(25)34-12-8-30(6-7-30)9-13-34/h3-5,11,17-19,21,31,36H,6-10,12-16,20H2,1-2H3,(H,32,37)/t21-/m0/s1. The van der Waals surface area contributed by atoms with E-state index in [1.54, 1.807) is 12.1 Å². The largest absolute Gasteiger partial charge is 0.395 e. The third-order valence-corrected chi connectivity index (χ3v) is 10.3.